The molecule has 0 aromatic heterocycles. The molecule has 2 N–H and O–H groups in total. The molecule has 1 amide bonds. The van der Waals surface area contributed by atoms with Gasteiger partial charge < -0.3 is 15.2 Å². The van der Waals surface area contributed by atoms with Crippen LogP contribution in [0.2, 0.25) is 0 Å². The smallest absolute Gasteiger partial charge is 0.396 e. The van der Waals surface area contributed by atoms with Gasteiger partial charge in [-0.25, -0.2) is 0 Å². The molecule has 2 rings (SSSR count). The second-order valence-corrected chi connectivity index (χ2v) is 6.27. The van der Waals surface area contributed by atoms with E-state index in [1.54, 1.807) is 0 Å². The molecule has 140 valence electrons. The van der Waals surface area contributed by atoms with E-state index < -0.39 is 11.7 Å². The van der Waals surface area contributed by atoms with Crippen LogP contribution in [0.3, 0.4) is 0 Å². The molecule has 1 aliphatic heterocycles. The maximum Gasteiger partial charge on any atom is 0.416 e. The summed E-state index contributed by atoms with van der Waals surface area (Å²) < 4.78 is 42.6. The number of amides is 1. The third kappa shape index (κ3) is 5.69. The van der Waals surface area contributed by atoms with Crippen molar-refractivity contribution >= 4 is 5.91 Å². The van der Waals surface area contributed by atoms with E-state index in [9.17, 15) is 23.1 Å². The number of hydrogen-bond donors (Lipinski definition) is 2. The van der Waals surface area contributed by atoms with Crippen LogP contribution in [0.1, 0.15) is 17.5 Å². The number of ether oxygens (including phenoxy) is 1. The van der Waals surface area contributed by atoms with Crippen LogP contribution in [0.25, 0.3) is 0 Å². The summed E-state index contributed by atoms with van der Waals surface area (Å²) in [4.78, 5) is 13.8. The highest BCUT2D eigenvalue weighted by atomic mass is 19.4. The zero-order valence-electron chi connectivity index (χ0n) is 14.1. The Bertz CT molecular complexity index is 563. The van der Waals surface area contributed by atoms with Crippen LogP contribution in [0.4, 0.5) is 13.2 Å². The zero-order chi connectivity index (χ0) is 18.4. The van der Waals surface area contributed by atoms with E-state index in [4.69, 9.17) is 4.74 Å². The number of benzene rings is 1. The lowest BCUT2D eigenvalue weighted by atomic mass is 9.92. The molecule has 5 nitrogen and oxygen atoms in total. The molecule has 1 fully saturated rings. The second-order valence-electron chi connectivity index (χ2n) is 6.27. The second kappa shape index (κ2) is 8.64. The van der Waals surface area contributed by atoms with Crippen molar-refractivity contribution in [1.82, 2.24) is 10.2 Å². The Balaban J connectivity index is 1.97. The van der Waals surface area contributed by atoms with Crippen molar-refractivity contribution in [2.24, 2.45) is 5.92 Å². The Hall–Kier alpha value is -1.64. The summed E-state index contributed by atoms with van der Waals surface area (Å²) in [5.41, 5.74) is 0.109. The number of piperidine rings is 1. The van der Waals surface area contributed by atoms with Gasteiger partial charge in [0.1, 0.15) is 6.61 Å². The number of aliphatic hydroxyl groups excluding tert-OH is 1. The predicted molar refractivity (Wildman–Crippen MR) is 85.7 cm³/mol. The van der Waals surface area contributed by atoms with Gasteiger partial charge in [-0.1, -0.05) is 12.1 Å². The van der Waals surface area contributed by atoms with Crippen molar-refractivity contribution in [3.63, 3.8) is 0 Å². The number of nitrogens with zero attached hydrogens (tertiary/aromatic N) is 1. The van der Waals surface area contributed by atoms with E-state index in [2.05, 4.69) is 10.2 Å². The van der Waals surface area contributed by atoms with E-state index in [1.165, 1.54) is 19.2 Å². The van der Waals surface area contributed by atoms with E-state index in [0.29, 0.717) is 26.1 Å². The summed E-state index contributed by atoms with van der Waals surface area (Å²) >= 11 is 0. The highest BCUT2D eigenvalue weighted by Crippen LogP contribution is 2.29. The molecular weight excluding hydrogens is 337 g/mol. The number of methoxy groups -OCH3 is 1. The number of alkyl halides is 3. The minimum absolute atomic E-state index is 0.0218. The lowest BCUT2D eigenvalue weighted by Gasteiger charge is -2.38. The minimum Gasteiger partial charge on any atom is -0.396 e. The van der Waals surface area contributed by atoms with E-state index in [1.807, 2.05) is 0 Å². The fourth-order valence-electron chi connectivity index (χ4n) is 3.03. The molecule has 2 atom stereocenters. The zero-order valence-corrected chi connectivity index (χ0v) is 14.1. The molecule has 0 spiro atoms. The normalized spacial score (nSPS) is 22.0. The lowest BCUT2D eigenvalue weighted by Crippen LogP contribution is -2.53. The molecule has 0 bridgehead atoms. The van der Waals surface area contributed by atoms with Gasteiger partial charge in [-0.05, 0) is 30.7 Å². The highest BCUT2D eigenvalue weighted by Gasteiger charge is 2.31. The summed E-state index contributed by atoms with van der Waals surface area (Å²) in [5, 5.41) is 12.3. The number of halogens is 3. The molecule has 0 radical (unpaired) electrons. The summed E-state index contributed by atoms with van der Waals surface area (Å²) in [6, 6.07) is 4.89. The first kappa shape index (κ1) is 19.7. The maximum atomic E-state index is 12.6. The number of likely N-dealkylation sites (tertiary alicyclic amines) is 1. The van der Waals surface area contributed by atoms with Gasteiger partial charge in [0, 0.05) is 38.8 Å². The molecule has 1 heterocycles. The van der Waals surface area contributed by atoms with Crippen LogP contribution in [0.5, 0.6) is 0 Å². The lowest BCUT2D eigenvalue weighted by molar-refractivity contribution is -0.137. The van der Waals surface area contributed by atoms with Crippen molar-refractivity contribution in [2.45, 2.75) is 25.2 Å². The summed E-state index contributed by atoms with van der Waals surface area (Å²) in [6.07, 6.45) is -3.64. The summed E-state index contributed by atoms with van der Waals surface area (Å²) in [6.45, 7) is 1.66. The van der Waals surface area contributed by atoms with Gasteiger partial charge in [0.05, 0.1) is 5.56 Å². The van der Waals surface area contributed by atoms with Gasteiger partial charge in [-0.2, -0.15) is 13.2 Å². The Labute approximate surface area is 144 Å². The average Bonchev–Trinajstić information content (AvgIpc) is 2.55. The molecule has 1 aliphatic rings. The van der Waals surface area contributed by atoms with Crippen molar-refractivity contribution in [3.8, 4) is 0 Å². The average molecular weight is 360 g/mol. The van der Waals surface area contributed by atoms with Crippen LogP contribution in [-0.4, -0.2) is 55.4 Å². The fourth-order valence-corrected chi connectivity index (χ4v) is 3.03. The fraction of sp³-hybridized carbons (Fsp3) is 0.588. The van der Waals surface area contributed by atoms with E-state index in [0.717, 1.165) is 17.7 Å². The summed E-state index contributed by atoms with van der Waals surface area (Å²) in [7, 11) is 1.43. The molecule has 1 saturated heterocycles. The van der Waals surface area contributed by atoms with Crippen molar-refractivity contribution < 1.29 is 27.8 Å². The van der Waals surface area contributed by atoms with Crippen LogP contribution in [0.15, 0.2) is 24.3 Å². The van der Waals surface area contributed by atoms with Crippen LogP contribution in [-0.2, 0) is 22.3 Å². The molecule has 0 aliphatic carbocycles. The number of rotatable bonds is 6. The van der Waals surface area contributed by atoms with Gasteiger partial charge in [0.25, 0.3) is 0 Å². The Kier molecular flexibility index (Phi) is 6.80. The Morgan fingerprint density at radius 2 is 2.04 bits per heavy atom. The molecule has 0 saturated carbocycles. The number of aliphatic hydroxyl groups is 1. The number of hydrogen-bond acceptors (Lipinski definition) is 4. The third-order valence-electron chi connectivity index (χ3n) is 4.38. The van der Waals surface area contributed by atoms with E-state index >= 15 is 0 Å². The molecular formula is C17H23F3N2O3. The first-order valence-electron chi connectivity index (χ1n) is 8.11. The monoisotopic (exact) mass is 360 g/mol. The van der Waals surface area contributed by atoms with Crippen LogP contribution < -0.4 is 5.32 Å². The van der Waals surface area contributed by atoms with Crippen LogP contribution >= 0.6 is 0 Å². The van der Waals surface area contributed by atoms with Gasteiger partial charge in [-0.15, -0.1) is 0 Å². The van der Waals surface area contributed by atoms with E-state index in [-0.39, 0.29) is 31.1 Å². The molecule has 8 heteroatoms. The Morgan fingerprint density at radius 1 is 1.36 bits per heavy atom. The quantitative estimate of drug-likeness (QED) is 0.810. The minimum atomic E-state index is -4.34. The SMILES string of the molecule is COCC(=O)N[C@@H]1CN(Cc2ccc(C(F)(F)F)cc2)CC[C@@H]1CO. The molecule has 0 unspecified atom stereocenters. The first-order valence-corrected chi connectivity index (χ1v) is 8.11. The van der Waals surface area contributed by atoms with Crippen molar-refractivity contribution in [2.75, 3.05) is 33.4 Å². The van der Waals surface area contributed by atoms with Gasteiger partial charge >= 0.3 is 6.18 Å². The van der Waals surface area contributed by atoms with Gasteiger partial charge in [0.15, 0.2) is 0 Å². The number of nitrogens with one attached hydrogen (secondary N) is 1. The van der Waals surface area contributed by atoms with Gasteiger partial charge in [-0.3, -0.25) is 9.69 Å². The first-order chi connectivity index (χ1) is 11.8. The number of carbonyl (C=O) groups is 1. The molecule has 1 aromatic carbocycles. The topological polar surface area (TPSA) is 61.8 Å². The molecule has 1 aromatic rings. The third-order valence-corrected chi connectivity index (χ3v) is 4.38. The summed E-state index contributed by atoms with van der Waals surface area (Å²) in [5.74, 6) is -0.285. The number of carbonyl (C=O) groups excluding carboxylic acids is 1. The van der Waals surface area contributed by atoms with Crippen LogP contribution in [0, 0.1) is 5.92 Å². The standard InChI is InChI=1S/C17H23F3N2O3/c1-25-11-16(24)21-15-9-22(7-6-13(15)10-23)8-12-2-4-14(5-3-12)17(18,19)20/h2-5,13,15,23H,6-11H2,1H3,(H,21,24)/t13-,15-/m1/s1. The highest BCUT2D eigenvalue weighted by molar-refractivity contribution is 5.77. The Morgan fingerprint density at radius 3 is 2.60 bits per heavy atom. The predicted octanol–water partition coefficient (Wildman–Crippen LogP) is 1.65. The van der Waals surface area contributed by atoms with Crippen molar-refractivity contribution in [3.05, 3.63) is 35.4 Å². The molecule has 25 heavy (non-hydrogen) atoms. The maximum absolute atomic E-state index is 12.6. The largest absolute Gasteiger partial charge is 0.416 e. The van der Waals surface area contributed by atoms with Crippen molar-refractivity contribution in [1.29, 1.82) is 0 Å². The van der Waals surface area contributed by atoms with Gasteiger partial charge in [0.2, 0.25) is 5.91 Å².